The molecule has 0 atom stereocenters. The first-order chi connectivity index (χ1) is 15.2. The van der Waals surface area contributed by atoms with Crippen LogP contribution in [-0.4, -0.2) is 30.9 Å². The summed E-state index contributed by atoms with van der Waals surface area (Å²) in [6, 6.07) is 15.3. The molecule has 168 valence electrons. The first-order valence-corrected chi connectivity index (χ1v) is 11.5. The Kier molecular flexibility index (Phi) is 7.42. The van der Waals surface area contributed by atoms with E-state index in [0.29, 0.717) is 30.1 Å². The highest BCUT2D eigenvalue weighted by Crippen LogP contribution is 2.25. The second-order valence-electron chi connectivity index (χ2n) is 7.35. The number of sulfonamides is 1. The highest BCUT2D eigenvalue weighted by Gasteiger charge is 2.12. The zero-order valence-electron chi connectivity index (χ0n) is 18.2. The van der Waals surface area contributed by atoms with Gasteiger partial charge in [0.15, 0.2) is 0 Å². The number of nitrogens with zero attached hydrogens (tertiary/aromatic N) is 3. The Labute approximate surface area is 188 Å². The zero-order valence-corrected chi connectivity index (χ0v) is 19.0. The van der Waals surface area contributed by atoms with Crippen LogP contribution in [0.2, 0.25) is 0 Å². The summed E-state index contributed by atoms with van der Waals surface area (Å²) in [5, 5.41) is 2.75. The highest BCUT2D eigenvalue weighted by molar-refractivity contribution is 7.94. The van der Waals surface area contributed by atoms with Gasteiger partial charge in [0.05, 0.1) is 11.5 Å². The molecule has 0 radical (unpaired) electrons. The first-order valence-electron chi connectivity index (χ1n) is 10.1. The van der Waals surface area contributed by atoms with E-state index in [-0.39, 0.29) is 23.2 Å². The average Bonchev–Trinajstić information content (AvgIpc) is 2.72. The number of nitrogens with one attached hydrogen (secondary N) is 1. The van der Waals surface area contributed by atoms with Crippen molar-refractivity contribution in [2.24, 2.45) is 0 Å². The van der Waals surface area contributed by atoms with E-state index < -0.39 is 10.0 Å². The van der Waals surface area contributed by atoms with Crippen LogP contribution in [0.4, 0.5) is 11.6 Å². The molecule has 0 spiro atoms. The molecule has 3 aromatic rings. The van der Waals surface area contributed by atoms with E-state index in [1.165, 1.54) is 24.3 Å². The molecule has 0 unspecified atom stereocenters. The minimum atomic E-state index is -3.97. The summed E-state index contributed by atoms with van der Waals surface area (Å²) in [6.45, 7) is 5.92. The van der Waals surface area contributed by atoms with Gasteiger partial charge in [0, 0.05) is 18.1 Å². The topological polar surface area (TPSA) is 112 Å². The van der Waals surface area contributed by atoms with Crippen LogP contribution in [0.5, 0.6) is 5.75 Å². The number of hydrogen-bond acceptors (Lipinski definition) is 6. The van der Waals surface area contributed by atoms with E-state index in [0.717, 1.165) is 11.3 Å². The summed E-state index contributed by atoms with van der Waals surface area (Å²) >= 11 is 0. The van der Waals surface area contributed by atoms with Gasteiger partial charge in [-0.05, 0) is 75.0 Å². The van der Waals surface area contributed by atoms with Gasteiger partial charge in [-0.3, -0.25) is 9.52 Å². The van der Waals surface area contributed by atoms with E-state index in [2.05, 4.69) is 20.0 Å². The maximum absolute atomic E-state index is 12.5. The molecule has 0 aliphatic heterocycles. The van der Waals surface area contributed by atoms with Crippen LogP contribution in [0.1, 0.15) is 29.8 Å². The van der Waals surface area contributed by atoms with E-state index in [9.17, 15) is 13.2 Å². The Morgan fingerprint density at radius 3 is 2.22 bits per heavy atom. The molecule has 0 aliphatic rings. The maximum Gasteiger partial charge on any atom is 0.229 e. The average molecular weight is 454 g/mol. The molecule has 1 aromatic heterocycles. The molecule has 0 fully saturated rings. The van der Waals surface area contributed by atoms with Crippen molar-refractivity contribution in [1.29, 1.82) is 0 Å². The van der Waals surface area contributed by atoms with Crippen molar-refractivity contribution in [3.63, 3.8) is 0 Å². The van der Waals surface area contributed by atoms with Crippen LogP contribution in [-0.2, 0) is 14.8 Å². The molecular weight excluding hydrogens is 428 g/mol. The van der Waals surface area contributed by atoms with Gasteiger partial charge in [-0.1, -0.05) is 23.8 Å². The van der Waals surface area contributed by atoms with Crippen molar-refractivity contribution in [2.45, 2.75) is 38.5 Å². The molecule has 0 saturated heterocycles. The second kappa shape index (κ2) is 10.2. The highest BCUT2D eigenvalue weighted by atomic mass is 32.2. The summed E-state index contributed by atoms with van der Waals surface area (Å²) < 4.78 is 34.4. The van der Waals surface area contributed by atoms with Gasteiger partial charge in [-0.25, -0.2) is 8.42 Å². The van der Waals surface area contributed by atoms with Crippen molar-refractivity contribution < 1.29 is 17.9 Å². The smallest absolute Gasteiger partial charge is 0.229 e. The Bertz CT molecular complexity index is 1160. The Hall–Kier alpha value is -3.46. The molecule has 2 aromatic carbocycles. The Morgan fingerprint density at radius 2 is 1.59 bits per heavy atom. The predicted octanol–water partition coefficient (Wildman–Crippen LogP) is 4.59. The number of anilines is 1. The zero-order chi connectivity index (χ0) is 23.1. The van der Waals surface area contributed by atoms with Gasteiger partial charge in [0.1, 0.15) is 5.75 Å². The number of aromatic nitrogens is 2. The molecule has 0 aliphatic carbocycles. The first kappa shape index (κ1) is 23.2. The molecule has 1 amide bonds. The molecular formula is C23H25N4O4S-. The number of ether oxygens (including phenoxy) is 1. The van der Waals surface area contributed by atoms with Gasteiger partial charge in [0.25, 0.3) is 0 Å². The summed E-state index contributed by atoms with van der Waals surface area (Å²) in [4.78, 5) is 20.2. The fourth-order valence-corrected chi connectivity index (χ4v) is 3.78. The van der Waals surface area contributed by atoms with Crippen molar-refractivity contribution in [1.82, 2.24) is 9.97 Å². The van der Waals surface area contributed by atoms with Crippen molar-refractivity contribution in [3.05, 3.63) is 76.3 Å². The number of carbonyl (C=O) groups excluding carboxylic acids is 1. The SMILES string of the molecule is Cc1ccc(OCCCC(=O)Nc2ccc(S(=O)(=O)[N-]c3nc(C)cc(C)n3)cc2)cc1. The van der Waals surface area contributed by atoms with Crippen LogP contribution in [0, 0.1) is 20.8 Å². The van der Waals surface area contributed by atoms with Gasteiger partial charge in [-0.2, -0.15) is 0 Å². The quantitative estimate of drug-likeness (QED) is 0.474. The monoisotopic (exact) mass is 453 g/mol. The second-order valence-corrected chi connectivity index (χ2v) is 8.96. The lowest BCUT2D eigenvalue weighted by Crippen LogP contribution is -2.13. The number of amides is 1. The van der Waals surface area contributed by atoms with Crippen LogP contribution < -0.4 is 10.1 Å². The lowest BCUT2D eigenvalue weighted by Gasteiger charge is -2.15. The summed E-state index contributed by atoms with van der Waals surface area (Å²) in [5.41, 5.74) is 2.92. The molecule has 32 heavy (non-hydrogen) atoms. The predicted molar refractivity (Wildman–Crippen MR) is 123 cm³/mol. The van der Waals surface area contributed by atoms with Crippen LogP contribution in [0.25, 0.3) is 4.72 Å². The van der Waals surface area contributed by atoms with E-state index in [1.807, 2.05) is 31.2 Å². The fraction of sp³-hybridized carbons (Fsp3) is 0.261. The molecule has 1 heterocycles. The van der Waals surface area contributed by atoms with Crippen molar-refractivity contribution in [2.75, 3.05) is 11.9 Å². The Balaban J connectivity index is 1.49. The van der Waals surface area contributed by atoms with Gasteiger partial charge >= 0.3 is 0 Å². The summed E-state index contributed by atoms with van der Waals surface area (Å²) in [6.07, 6.45) is 0.840. The number of rotatable bonds is 9. The van der Waals surface area contributed by atoms with E-state index in [1.54, 1.807) is 19.9 Å². The summed E-state index contributed by atoms with van der Waals surface area (Å²) in [7, 11) is -3.97. The Morgan fingerprint density at radius 1 is 0.969 bits per heavy atom. The molecule has 0 bridgehead atoms. The number of hydrogen-bond donors (Lipinski definition) is 1. The standard InChI is InChI=1S/C23H26N4O4S/c1-16-6-10-20(11-7-16)31-14-4-5-22(28)26-19-8-12-21(13-9-19)32(29,30)27-23-24-17(2)15-18(3)25-23/h6-13,15H,4-5,14H2,1-3H3,(H2,24,25,26,27,28)/p-1. The lowest BCUT2D eigenvalue weighted by molar-refractivity contribution is -0.116. The molecule has 0 saturated carbocycles. The fourth-order valence-electron chi connectivity index (χ4n) is 2.90. The van der Waals surface area contributed by atoms with Crippen molar-refractivity contribution in [3.8, 4) is 5.75 Å². The van der Waals surface area contributed by atoms with E-state index in [4.69, 9.17) is 4.74 Å². The number of aryl methyl sites for hydroxylation is 3. The van der Waals surface area contributed by atoms with Crippen LogP contribution in [0.3, 0.4) is 0 Å². The third-order valence-corrected chi connectivity index (χ3v) is 5.72. The number of carbonyl (C=O) groups is 1. The van der Waals surface area contributed by atoms with Gasteiger partial charge in [0.2, 0.25) is 15.9 Å². The lowest BCUT2D eigenvalue weighted by atomic mass is 10.2. The normalized spacial score (nSPS) is 11.1. The van der Waals surface area contributed by atoms with Gasteiger partial charge < -0.3 is 20.0 Å². The molecule has 8 nitrogen and oxygen atoms in total. The molecule has 1 N–H and O–H groups in total. The van der Waals surface area contributed by atoms with Crippen molar-refractivity contribution >= 4 is 27.6 Å². The number of benzene rings is 2. The van der Waals surface area contributed by atoms with Crippen LogP contribution in [0.15, 0.2) is 59.5 Å². The minimum Gasteiger partial charge on any atom is -0.494 e. The minimum absolute atomic E-state index is 0.00949. The molecule has 3 rings (SSSR count). The summed E-state index contributed by atoms with van der Waals surface area (Å²) in [5.74, 6) is 0.485. The molecule has 9 heteroatoms. The maximum atomic E-state index is 12.5. The third kappa shape index (κ3) is 6.78. The van der Waals surface area contributed by atoms with Crippen LogP contribution >= 0.6 is 0 Å². The largest absolute Gasteiger partial charge is 0.494 e. The van der Waals surface area contributed by atoms with E-state index >= 15 is 0 Å². The van der Waals surface area contributed by atoms with Gasteiger partial charge in [-0.15, -0.1) is 0 Å². The third-order valence-electron chi connectivity index (χ3n) is 4.45.